The number of thiocarbonyl (C=S) groups is 1. The highest BCUT2D eigenvalue weighted by Gasteiger charge is 2.35. The van der Waals surface area contributed by atoms with Gasteiger partial charge in [0.1, 0.15) is 15.8 Å². The summed E-state index contributed by atoms with van der Waals surface area (Å²) < 4.78 is 14.0. The van der Waals surface area contributed by atoms with Gasteiger partial charge < -0.3 is 9.47 Å². The van der Waals surface area contributed by atoms with Gasteiger partial charge in [-0.3, -0.25) is 9.69 Å². The number of rotatable bonds is 8. The lowest BCUT2D eigenvalue weighted by Crippen LogP contribution is -2.35. The average Bonchev–Trinajstić information content (AvgIpc) is 3.61. The third-order valence-corrected chi connectivity index (χ3v) is 7.64. The number of thioether (sulfide) groups is 1. The molecule has 0 radical (unpaired) electrons. The largest absolute Gasteiger partial charge is 0.494 e. The fourth-order valence-corrected chi connectivity index (χ4v) is 5.68. The van der Waals surface area contributed by atoms with E-state index in [1.54, 1.807) is 4.90 Å². The summed E-state index contributed by atoms with van der Waals surface area (Å²) in [6.45, 7) is 6.09. The van der Waals surface area contributed by atoms with E-state index >= 15 is 0 Å². The van der Waals surface area contributed by atoms with Crippen molar-refractivity contribution >= 4 is 40.3 Å². The van der Waals surface area contributed by atoms with Crippen LogP contribution in [-0.4, -0.2) is 50.8 Å². The second-order valence-electron chi connectivity index (χ2n) is 8.97. The number of hydrogen-bond donors (Lipinski definition) is 0. The zero-order chi connectivity index (χ0) is 25.1. The maximum atomic E-state index is 13.3. The van der Waals surface area contributed by atoms with Crippen LogP contribution >= 0.6 is 24.0 Å². The molecule has 3 heterocycles. The fourth-order valence-electron chi connectivity index (χ4n) is 4.42. The van der Waals surface area contributed by atoms with Gasteiger partial charge in [-0.15, -0.1) is 0 Å². The number of carbonyl (C=O) groups excluding carboxylic acids is 1. The molecule has 1 atom stereocenters. The standard InChI is InChI=1S/C28H29N3O3S2/c1-3-13-33-22-11-12-24(19(2)15-22)26-20(17-31(29-26)21-8-5-4-6-9-21)16-25-27(32)30(28(35)36-25)18-23-10-7-14-34-23/h4-6,8-9,11-12,15-17,23H,3,7,10,13-14,18H2,1-2H3/b25-16-/t23-/m1/s1. The Morgan fingerprint density at radius 3 is 2.81 bits per heavy atom. The average molecular weight is 520 g/mol. The Labute approximate surface area is 221 Å². The van der Waals surface area contributed by atoms with Crippen molar-refractivity contribution in [2.75, 3.05) is 19.8 Å². The minimum Gasteiger partial charge on any atom is -0.494 e. The number of nitrogens with zero attached hydrogens (tertiary/aromatic N) is 3. The third-order valence-electron chi connectivity index (χ3n) is 6.26. The fraction of sp³-hybridized carbons (Fsp3) is 0.321. The molecule has 2 aliphatic rings. The molecular weight excluding hydrogens is 490 g/mol. The van der Waals surface area contributed by atoms with Gasteiger partial charge in [0.25, 0.3) is 5.91 Å². The van der Waals surface area contributed by atoms with Crippen LogP contribution in [0, 0.1) is 6.92 Å². The molecule has 0 saturated carbocycles. The molecule has 5 rings (SSSR count). The van der Waals surface area contributed by atoms with Gasteiger partial charge >= 0.3 is 0 Å². The lowest BCUT2D eigenvalue weighted by molar-refractivity contribution is -0.123. The monoisotopic (exact) mass is 519 g/mol. The number of carbonyl (C=O) groups is 1. The second-order valence-corrected chi connectivity index (χ2v) is 10.6. The highest BCUT2D eigenvalue weighted by Crippen LogP contribution is 2.36. The highest BCUT2D eigenvalue weighted by molar-refractivity contribution is 8.26. The zero-order valence-corrected chi connectivity index (χ0v) is 22.1. The summed E-state index contributed by atoms with van der Waals surface area (Å²) in [6, 6.07) is 16.0. The van der Waals surface area contributed by atoms with E-state index in [4.69, 9.17) is 26.8 Å². The number of aryl methyl sites for hydroxylation is 1. The van der Waals surface area contributed by atoms with Crippen molar-refractivity contribution in [3.8, 4) is 22.7 Å². The molecule has 2 aromatic carbocycles. The number of ether oxygens (including phenoxy) is 2. The summed E-state index contributed by atoms with van der Waals surface area (Å²) in [5.41, 5.74) is 4.67. The summed E-state index contributed by atoms with van der Waals surface area (Å²) in [4.78, 5) is 15.6. The molecule has 0 unspecified atom stereocenters. The molecule has 1 aromatic heterocycles. The topological polar surface area (TPSA) is 56.6 Å². The van der Waals surface area contributed by atoms with Gasteiger partial charge in [0.15, 0.2) is 0 Å². The Kier molecular flexibility index (Phi) is 7.55. The van der Waals surface area contributed by atoms with Gasteiger partial charge in [0, 0.05) is 23.9 Å². The van der Waals surface area contributed by atoms with E-state index in [1.807, 2.05) is 65.5 Å². The van der Waals surface area contributed by atoms with Crippen LogP contribution < -0.4 is 4.74 Å². The summed E-state index contributed by atoms with van der Waals surface area (Å²) in [5, 5.41) is 4.94. The van der Waals surface area contributed by atoms with Crippen molar-refractivity contribution in [3.63, 3.8) is 0 Å². The molecule has 36 heavy (non-hydrogen) atoms. The lowest BCUT2D eigenvalue weighted by atomic mass is 10.0. The molecule has 1 amide bonds. The molecule has 2 saturated heterocycles. The van der Waals surface area contributed by atoms with Crippen molar-refractivity contribution in [1.82, 2.24) is 14.7 Å². The SMILES string of the molecule is CCCOc1ccc(-c2nn(-c3ccccc3)cc2/C=C2\SC(=S)N(C[C@H]3CCCO3)C2=O)c(C)c1. The molecule has 0 N–H and O–H groups in total. The molecule has 186 valence electrons. The van der Waals surface area contributed by atoms with Crippen molar-refractivity contribution in [1.29, 1.82) is 0 Å². The van der Waals surface area contributed by atoms with Crippen LogP contribution in [0.25, 0.3) is 23.0 Å². The van der Waals surface area contributed by atoms with E-state index in [2.05, 4.69) is 13.8 Å². The smallest absolute Gasteiger partial charge is 0.266 e. The Morgan fingerprint density at radius 1 is 1.25 bits per heavy atom. The first-order valence-electron chi connectivity index (χ1n) is 12.3. The van der Waals surface area contributed by atoms with E-state index < -0.39 is 0 Å². The molecule has 0 aliphatic carbocycles. The maximum Gasteiger partial charge on any atom is 0.266 e. The number of benzene rings is 2. The van der Waals surface area contributed by atoms with E-state index in [0.29, 0.717) is 22.4 Å². The Morgan fingerprint density at radius 2 is 2.08 bits per heavy atom. The van der Waals surface area contributed by atoms with Crippen LogP contribution in [0.3, 0.4) is 0 Å². The molecule has 6 nitrogen and oxygen atoms in total. The molecule has 2 fully saturated rings. The number of aromatic nitrogens is 2. The normalized spacial score (nSPS) is 19.0. The van der Waals surface area contributed by atoms with Crippen molar-refractivity contribution in [3.05, 3.63) is 70.8 Å². The van der Waals surface area contributed by atoms with Crippen molar-refractivity contribution in [2.24, 2.45) is 0 Å². The highest BCUT2D eigenvalue weighted by atomic mass is 32.2. The van der Waals surface area contributed by atoms with E-state index in [-0.39, 0.29) is 12.0 Å². The maximum absolute atomic E-state index is 13.3. The van der Waals surface area contributed by atoms with E-state index in [9.17, 15) is 4.79 Å². The van der Waals surface area contributed by atoms with Crippen molar-refractivity contribution < 1.29 is 14.3 Å². The summed E-state index contributed by atoms with van der Waals surface area (Å²) in [5.74, 6) is 0.774. The lowest BCUT2D eigenvalue weighted by Gasteiger charge is -2.18. The minimum atomic E-state index is -0.0704. The minimum absolute atomic E-state index is 0.0549. The quantitative estimate of drug-likeness (QED) is 0.268. The summed E-state index contributed by atoms with van der Waals surface area (Å²) in [6.07, 6.45) is 6.88. The van der Waals surface area contributed by atoms with Gasteiger partial charge in [-0.25, -0.2) is 4.68 Å². The van der Waals surface area contributed by atoms with E-state index in [1.165, 1.54) is 11.8 Å². The molecule has 0 spiro atoms. The Balaban J connectivity index is 1.51. The van der Waals surface area contributed by atoms with Gasteiger partial charge in [-0.1, -0.05) is 49.1 Å². The number of amides is 1. The van der Waals surface area contributed by atoms with E-state index in [0.717, 1.165) is 59.7 Å². The Bertz CT molecular complexity index is 1300. The van der Waals surface area contributed by atoms with Crippen molar-refractivity contribution in [2.45, 2.75) is 39.2 Å². The first-order chi connectivity index (χ1) is 17.5. The van der Waals surface area contributed by atoms with Gasteiger partial charge in [-0.2, -0.15) is 5.10 Å². The third kappa shape index (κ3) is 5.26. The predicted octanol–water partition coefficient (Wildman–Crippen LogP) is 6.02. The number of para-hydroxylation sites is 1. The predicted molar refractivity (Wildman–Crippen MR) is 148 cm³/mol. The number of hydrogen-bond acceptors (Lipinski definition) is 6. The van der Waals surface area contributed by atoms with Crippen LogP contribution in [0.2, 0.25) is 0 Å². The van der Waals surface area contributed by atoms with Crippen LogP contribution in [0.5, 0.6) is 5.75 Å². The van der Waals surface area contributed by atoms with Crippen LogP contribution in [-0.2, 0) is 9.53 Å². The molecule has 2 aliphatic heterocycles. The Hall–Kier alpha value is -2.94. The molecular formula is C28H29N3O3S2. The molecule has 3 aromatic rings. The second kappa shape index (κ2) is 11.0. The first-order valence-corrected chi connectivity index (χ1v) is 13.5. The first kappa shape index (κ1) is 24.7. The van der Waals surface area contributed by atoms with Gasteiger partial charge in [0.05, 0.1) is 29.8 Å². The molecule has 8 heteroatoms. The summed E-state index contributed by atoms with van der Waals surface area (Å²) >= 11 is 6.90. The molecule has 0 bridgehead atoms. The summed E-state index contributed by atoms with van der Waals surface area (Å²) in [7, 11) is 0. The van der Waals surface area contributed by atoms with Gasteiger partial charge in [0.2, 0.25) is 0 Å². The van der Waals surface area contributed by atoms with Crippen LogP contribution in [0.1, 0.15) is 37.3 Å². The zero-order valence-electron chi connectivity index (χ0n) is 20.5. The van der Waals surface area contributed by atoms with Gasteiger partial charge in [-0.05, 0) is 68.2 Å². The van der Waals surface area contributed by atoms with Crippen LogP contribution in [0.4, 0.5) is 0 Å². The van der Waals surface area contributed by atoms with Crippen LogP contribution in [0.15, 0.2) is 59.6 Å².